The van der Waals surface area contributed by atoms with Crippen molar-refractivity contribution in [3.05, 3.63) is 17.7 Å². The number of nitrogens with zero attached hydrogens (tertiary/aromatic N) is 2. The summed E-state index contributed by atoms with van der Waals surface area (Å²) >= 11 is 0. The molecule has 0 aliphatic carbocycles. The van der Waals surface area contributed by atoms with Gasteiger partial charge in [-0.25, -0.2) is 13.8 Å². The molecule has 1 saturated heterocycles. The zero-order valence-electron chi connectivity index (χ0n) is 11.5. The lowest BCUT2D eigenvalue weighted by molar-refractivity contribution is 0.525. The molecule has 0 spiro atoms. The standard InChI is InChI=1S/C14H21F2N3/c1-3-10-7-5-4-6-8-19(10)14-12(16)9-11(15)13(17-2)18-14/h9-10H,3-8H2,1-2H3,(H,17,18). The molecule has 2 heterocycles. The minimum Gasteiger partial charge on any atom is -0.371 e. The van der Waals surface area contributed by atoms with Gasteiger partial charge in [-0.15, -0.1) is 0 Å². The fourth-order valence-electron chi connectivity index (χ4n) is 2.71. The van der Waals surface area contributed by atoms with Gasteiger partial charge in [-0.3, -0.25) is 0 Å². The first kappa shape index (κ1) is 14.0. The van der Waals surface area contributed by atoms with Crippen molar-refractivity contribution in [2.75, 3.05) is 23.8 Å². The van der Waals surface area contributed by atoms with Crippen LogP contribution in [0.4, 0.5) is 20.4 Å². The molecule has 1 aromatic heterocycles. The highest BCUT2D eigenvalue weighted by atomic mass is 19.1. The van der Waals surface area contributed by atoms with Gasteiger partial charge in [0.25, 0.3) is 0 Å². The average Bonchev–Trinajstić information content (AvgIpc) is 2.64. The van der Waals surface area contributed by atoms with Crippen LogP contribution in [-0.4, -0.2) is 24.6 Å². The van der Waals surface area contributed by atoms with Crippen LogP contribution in [0, 0.1) is 11.6 Å². The third-order valence-corrected chi connectivity index (χ3v) is 3.77. The third kappa shape index (κ3) is 2.96. The Kier molecular flexibility index (Phi) is 4.56. The highest BCUT2D eigenvalue weighted by Gasteiger charge is 2.24. The first-order chi connectivity index (χ1) is 9.17. The monoisotopic (exact) mass is 269 g/mol. The van der Waals surface area contributed by atoms with Crippen molar-refractivity contribution in [3.63, 3.8) is 0 Å². The van der Waals surface area contributed by atoms with Crippen LogP contribution in [0.3, 0.4) is 0 Å². The Hall–Kier alpha value is -1.39. The topological polar surface area (TPSA) is 28.2 Å². The highest BCUT2D eigenvalue weighted by Crippen LogP contribution is 2.28. The van der Waals surface area contributed by atoms with Crippen LogP contribution >= 0.6 is 0 Å². The second kappa shape index (κ2) is 6.17. The van der Waals surface area contributed by atoms with Crippen molar-refractivity contribution >= 4 is 11.6 Å². The molecule has 0 bridgehead atoms. The second-order valence-corrected chi connectivity index (χ2v) is 4.98. The summed E-state index contributed by atoms with van der Waals surface area (Å²) in [5, 5.41) is 2.67. The average molecular weight is 269 g/mol. The molecule has 1 N–H and O–H groups in total. The molecule has 1 aliphatic rings. The maximum Gasteiger partial charge on any atom is 0.168 e. The van der Waals surface area contributed by atoms with Crippen LogP contribution in [0.25, 0.3) is 0 Å². The maximum absolute atomic E-state index is 14.0. The maximum atomic E-state index is 14.0. The Bertz CT molecular complexity index is 437. The summed E-state index contributed by atoms with van der Waals surface area (Å²) in [7, 11) is 1.59. The number of anilines is 2. The quantitative estimate of drug-likeness (QED) is 0.909. The van der Waals surface area contributed by atoms with E-state index in [0.29, 0.717) is 6.04 Å². The van der Waals surface area contributed by atoms with Crippen molar-refractivity contribution in [1.29, 1.82) is 0 Å². The molecule has 3 nitrogen and oxygen atoms in total. The molecule has 0 saturated carbocycles. The van der Waals surface area contributed by atoms with Crippen LogP contribution in [0.1, 0.15) is 39.0 Å². The van der Waals surface area contributed by atoms with Crippen LogP contribution in [0.2, 0.25) is 0 Å². The van der Waals surface area contributed by atoms with Gasteiger partial charge < -0.3 is 10.2 Å². The van der Waals surface area contributed by atoms with Crippen LogP contribution in [0.5, 0.6) is 0 Å². The zero-order chi connectivity index (χ0) is 13.8. The normalized spacial score (nSPS) is 20.2. The minimum atomic E-state index is -0.647. The molecule has 1 unspecified atom stereocenters. The summed E-state index contributed by atoms with van der Waals surface area (Å²) in [4.78, 5) is 6.12. The molecule has 1 atom stereocenters. The molecule has 1 aliphatic heterocycles. The predicted molar refractivity (Wildman–Crippen MR) is 73.6 cm³/mol. The van der Waals surface area contributed by atoms with Gasteiger partial charge in [0.15, 0.2) is 23.3 Å². The third-order valence-electron chi connectivity index (χ3n) is 3.77. The first-order valence-corrected chi connectivity index (χ1v) is 6.97. The lowest BCUT2D eigenvalue weighted by atomic mass is 10.1. The van der Waals surface area contributed by atoms with Crippen molar-refractivity contribution in [3.8, 4) is 0 Å². The summed E-state index contributed by atoms with van der Waals surface area (Å²) in [5.74, 6) is -0.835. The van der Waals surface area contributed by atoms with Crippen LogP contribution in [-0.2, 0) is 0 Å². The van der Waals surface area contributed by atoms with Gasteiger partial charge in [0.05, 0.1) is 0 Å². The Morgan fingerprint density at radius 1 is 1.32 bits per heavy atom. The largest absolute Gasteiger partial charge is 0.371 e. The number of hydrogen-bond donors (Lipinski definition) is 1. The number of halogens is 2. The van der Waals surface area contributed by atoms with E-state index in [1.807, 2.05) is 4.90 Å². The Balaban J connectivity index is 2.37. The summed E-state index contributed by atoms with van der Waals surface area (Å²) in [5.41, 5.74) is 0. The molecule has 1 fully saturated rings. The van der Waals surface area contributed by atoms with E-state index in [4.69, 9.17) is 0 Å². The Morgan fingerprint density at radius 2 is 2.11 bits per heavy atom. The van der Waals surface area contributed by atoms with Gasteiger partial charge in [-0.05, 0) is 19.3 Å². The van der Waals surface area contributed by atoms with E-state index in [1.54, 1.807) is 7.05 Å². The molecule has 5 heteroatoms. The molecule has 19 heavy (non-hydrogen) atoms. The zero-order valence-corrected chi connectivity index (χ0v) is 11.5. The second-order valence-electron chi connectivity index (χ2n) is 4.98. The summed E-state index contributed by atoms with van der Waals surface area (Å²) in [6.45, 7) is 2.89. The lowest BCUT2D eigenvalue weighted by Gasteiger charge is -2.30. The molecule has 1 aromatic rings. The van der Waals surface area contributed by atoms with Gasteiger partial charge in [0.1, 0.15) is 0 Å². The van der Waals surface area contributed by atoms with E-state index >= 15 is 0 Å². The molecule has 2 rings (SSSR count). The van der Waals surface area contributed by atoms with E-state index in [0.717, 1.165) is 44.7 Å². The molecule has 0 amide bonds. The number of aromatic nitrogens is 1. The van der Waals surface area contributed by atoms with Crippen LogP contribution in [0.15, 0.2) is 6.07 Å². The summed E-state index contributed by atoms with van der Waals surface area (Å²) in [6, 6.07) is 1.21. The molecule has 0 aromatic carbocycles. The van der Waals surface area contributed by atoms with Crippen molar-refractivity contribution in [1.82, 2.24) is 4.98 Å². The van der Waals surface area contributed by atoms with Crippen molar-refractivity contribution in [2.45, 2.75) is 45.1 Å². The smallest absolute Gasteiger partial charge is 0.168 e. The van der Waals surface area contributed by atoms with Crippen LogP contribution < -0.4 is 10.2 Å². The van der Waals surface area contributed by atoms with E-state index in [9.17, 15) is 8.78 Å². The lowest BCUT2D eigenvalue weighted by Crippen LogP contribution is -2.36. The number of pyridine rings is 1. The molecular formula is C14H21F2N3. The van der Waals surface area contributed by atoms with E-state index in [2.05, 4.69) is 17.2 Å². The predicted octanol–water partition coefficient (Wildman–Crippen LogP) is 3.56. The van der Waals surface area contributed by atoms with Gasteiger partial charge in [-0.2, -0.15) is 0 Å². The number of rotatable bonds is 3. The van der Waals surface area contributed by atoms with Crippen molar-refractivity contribution in [2.24, 2.45) is 0 Å². The molecular weight excluding hydrogens is 248 g/mol. The van der Waals surface area contributed by atoms with E-state index in [1.165, 1.54) is 0 Å². The fraction of sp³-hybridized carbons (Fsp3) is 0.643. The van der Waals surface area contributed by atoms with E-state index < -0.39 is 11.6 Å². The SMILES string of the molecule is CCC1CCCCCN1c1nc(NC)c(F)cc1F. The first-order valence-electron chi connectivity index (χ1n) is 6.97. The number of nitrogens with one attached hydrogen (secondary N) is 1. The summed E-state index contributed by atoms with van der Waals surface area (Å²) < 4.78 is 27.5. The fourth-order valence-corrected chi connectivity index (χ4v) is 2.71. The van der Waals surface area contributed by atoms with Gasteiger partial charge >= 0.3 is 0 Å². The Morgan fingerprint density at radius 3 is 2.79 bits per heavy atom. The molecule has 106 valence electrons. The van der Waals surface area contributed by atoms with Crippen molar-refractivity contribution < 1.29 is 8.78 Å². The molecule has 0 radical (unpaired) electrons. The van der Waals surface area contributed by atoms with Gasteiger partial charge in [-0.1, -0.05) is 19.8 Å². The van der Waals surface area contributed by atoms with Gasteiger partial charge in [0.2, 0.25) is 0 Å². The number of hydrogen-bond acceptors (Lipinski definition) is 3. The Labute approximate surface area is 113 Å². The minimum absolute atomic E-state index is 0.107. The highest BCUT2D eigenvalue weighted by molar-refractivity contribution is 5.49. The van der Waals surface area contributed by atoms with Gasteiger partial charge in [0, 0.05) is 25.7 Å². The summed E-state index contributed by atoms with van der Waals surface area (Å²) in [6.07, 6.45) is 5.35. The van der Waals surface area contributed by atoms with E-state index in [-0.39, 0.29) is 11.6 Å².